The second-order valence-corrected chi connectivity index (χ2v) is 4.75. The number of hydrogen-bond acceptors (Lipinski definition) is 4. The van der Waals surface area contributed by atoms with E-state index in [-0.39, 0.29) is 6.61 Å². The van der Waals surface area contributed by atoms with Crippen LogP contribution < -0.4 is 5.32 Å². The first-order chi connectivity index (χ1) is 10.3. The number of carbonyl (C=O) groups is 1. The standard InChI is InChI=1S/C17H15NO3/c19-8-7-18-15-5-3-13(4-6-15)17-10-14-2-1-12(11-20)9-16(14)21-17/h1-6,9-11,18-19H,7-8H2. The highest BCUT2D eigenvalue weighted by molar-refractivity contribution is 5.88. The fraction of sp³-hybridized carbons (Fsp3) is 0.118. The van der Waals surface area contributed by atoms with E-state index < -0.39 is 0 Å². The molecule has 106 valence electrons. The summed E-state index contributed by atoms with van der Waals surface area (Å²) in [6.07, 6.45) is 0.809. The average Bonchev–Trinajstić information content (AvgIpc) is 2.96. The van der Waals surface area contributed by atoms with Gasteiger partial charge in [0.15, 0.2) is 0 Å². The highest BCUT2D eigenvalue weighted by Crippen LogP contribution is 2.29. The number of fused-ring (bicyclic) bond motifs is 1. The highest BCUT2D eigenvalue weighted by atomic mass is 16.3. The monoisotopic (exact) mass is 281 g/mol. The fourth-order valence-corrected chi connectivity index (χ4v) is 2.22. The summed E-state index contributed by atoms with van der Waals surface area (Å²) < 4.78 is 5.80. The van der Waals surface area contributed by atoms with E-state index >= 15 is 0 Å². The van der Waals surface area contributed by atoms with Crippen LogP contribution in [0.5, 0.6) is 0 Å². The SMILES string of the molecule is O=Cc1ccc2cc(-c3ccc(NCCO)cc3)oc2c1. The van der Waals surface area contributed by atoms with E-state index in [1.807, 2.05) is 36.4 Å². The summed E-state index contributed by atoms with van der Waals surface area (Å²) in [5, 5.41) is 12.8. The molecule has 4 heteroatoms. The van der Waals surface area contributed by atoms with Gasteiger partial charge in [-0.15, -0.1) is 0 Å². The molecule has 0 saturated carbocycles. The number of carbonyl (C=O) groups excluding carboxylic acids is 1. The number of aliphatic hydroxyl groups excluding tert-OH is 1. The molecule has 0 bridgehead atoms. The third-order valence-corrected chi connectivity index (χ3v) is 3.29. The topological polar surface area (TPSA) is 62.5 Å². The van der Waals surface area contributed by atoms with Crippen molar-refractivity contribution in [3.05, 3.63) is 54.1 Å². The molecule has 0 radical (unpaired) electrons. The van der Waals surface area contributed by atoms with Crippen molar-refractivity contribution in [3.8, 4) is 11.3 Å². The smallest absolute Gasteiger partial charge is 0.150 e. The summed E-state index contributed by atoms with van der Waals surface area (Å²) in [7, 11) is 0. The Morgan fingerprint density at radius 1 is 1.10 bits per heavy atom. The summed E-state index contributed by atoms with van der Waals surface area (Å²) in [5.74, 6) is 0.766. The molecule has 0 aliphatic rings. The maximum absolute atomic E-state index is 10.8. The van der Waals surface area contributed by atoms with Gasteiger partial charge in [-0.3, -0.25) is 4.79 Å². The molecule has 0 aliphatic heterocycles. The zero-order valence-corrected chi connectivity index (χ0v) is 11.4. The van der Waals surface area contributed by atoms with Gasteiger partial charge in [0.25, 0.3) is 0 Å². The van der Waals surface area contributed by atoms with E-state index in [9.17, 15) is 4.79 Å². The van der Waals surface area contributed by atoms with Crippen molar-refractivity contribution < 1.29 is 14.3 Å². The Morgan fingerprint density at radius 2 is 1.90 bits per heavy atom. The molecule has 1 aromatic heterocycles. The molecule has 0 saturated heterocycles. The van der Waals surface area contributed by atoms with Gasteiger partial charge in [0.1, 0.15) is 17.6 Å². The lowest BCUT2D eigenvalue weighted by atomic mass is 10.1. The van der Waals surface area contributed by atoms with Crippen LogP contribution in [0.3, 0.4) is 0 Å². The van der Waals surface area contributed by atoms with Gasteiger partial charge in [0.05, 0.1) is 6.61 Å². The van der Waals surface area contributed by atoms with Crippen molar-refractivity contribution in [3.63, 3.8) is 0 Å². The van der Waals surface area contributed by atoms with E-state index in [0.717, 1.165) is 28.7 Å². The number of nitrogens with one attached hydrogen (secondary N) is 1. The lowest BCUT2D eigenvalue weighted by Gasteiger charge is -2.04. The zero-order chi connectivity index (χ0) is 14.7. The van der Waals surface area contributed by atoms with Gasteiger partial charge in [-0.2, -0.15) is 0 Å². The van der Waals surface area contributed by atoms with E-state index in [1.165, 1.54) is 0 Å². The van der Waals surface area contributed by atoms with Gasteiger partial charge in [0.2, 0.25) is 0 Å². The predicted octanol–water partition coefficient (Wildman–Crippen LogP) is 3.32. The molecule has 2 aromatic carbocycles. The highest BCUT2D eigenvalue weighted by Gasteiger charge is 2.07. The van der Waals surface area contributed by atoms with Crippen molar-refractivity contribution in [2.75, 3.05) is 18.5 Å². The van der Waals surface area contributed by atoms with Crippen molar-refractivity contribution >= 4 is 22.9 Å². The van der Waals surface area contributed by atoms with Gasteiger partial charge >= 0.3 is 0 Å². The molecule has 4 nitrogen and oxygen atoms in total. The number of aliphatic hydroxyl groups is 1. The van der Waals surface area contributed by atoms with Crippen molar-refractivity contribution in [2.24, 2.45) is 0 Å². The molecule has 0 fully saturated rings. The number of aldehydes is 1. The number of benzene rings is 2. The fourth-order valence-electron chi connectivity index (χ4n) is 2.22. The Bertz CT molecular complexity index is 759. The van der Waals surface area contributed by atoms with Crippen LogP contribution in [0.1, 0.15) is 10.4 Å². The van der Waals surface area contributed by atoms with Crippen LogP contribution >= 0.6 is 0 Å². The molecule has 0 aliphatic carbocycles. The van der Waals surface area contributed by atoms with Crippen molar-refractivity contribution in [2.45, 2.75) is 0 Å². The number of hydrogen-bond donors (Lipinski definition) is 2. The van der Waals surface area contributed by atoms with Crippen LogP contribution in [0.25, 0.3) is 22.3 Å². The largest absolute Gasteiger partial charge is 0.456 e. The summed E-state index contributed by atoms with van der Waals surface area (Å²) in [6.45, 7) is 0.628. The summed E-state index contributed by atoms with van der Waals surface area (Å²) in [5.41, 5.74) is 3.23. The molecule has 0 unspecified atom stereocenters. The van der Waals surface area contributed by atoms with Gasteiger partial charge in [-0.05, 0) is 36.4 Å². The Labute approximate surface area is 122 Å². The molecular formula is C17H15NO3. The Morgan fingerprint density at radius 3 is 2.62 bits per heavy atom. The lowest BCUT2D eigenvalue weighted by Crippen LogP contribution is -2.04. The second kappa shape index (κ2) is 5.81. The first-order valence-corrected chi connectivity index (χ1v) is 6.74. The van der Waals surface area contributed by atoms with E-state index in [0.29, 0.717) is 17.7 Å². The third kappa shape index (κ3) is 2.80. The normalized spacial score (nSPS) is 10.7. The van der Waals surface area contributed by atoms with Crippen LogP contribution in [0.2, 0.25) is 0 Å². The minimum atomic E-state index is 0.102. The Balaban J connectivity index is 1.90. The molecule has 1 heterocycles. The maximum Gasteiger partial charge on any atom is 0.150 e. The van der Waals surface area contributed by atoms with Crippen LogP contribution in [0.4, 0.5) is 5.69 Å². The van der Waals surface area contributed by atoms with Gasteiger partial charge in [-0.25, -0.2) is 0 Å². The molecule has 0 spiro atoms. The van der Waals surface area contributed by atoms with Crippen molar-refractivity contribution in [1.29, 1.82) is 0 Å². The molecule has 2 N–H and O–H groups in total. The van der Waals surface area contributed by atoms with E-state index in [2.05, 4.69) is 5.32 Å². The lowest BCUT2D eigenvalue weighted by molar-refractivity contribution is 0.112. The zero-order valence-electron chi connectivity index (χ0n) is 11.4. The quantitative estimate of drug-likeness (QED) is 0.704. The minimum absolute atomic E-state index is 0.102. The molecule has 21 heavy (non-hydrogen) atoms. The average molecular weight is 281 g/mol. The number of anilines is 1. The number of furan rings is 1. The van der Waals surface area contributed by atoms with Crippen LogP contribution in [-0.2, 0) is 0 Å². The maximum atomic E-state index is 10.8. The van der Waals surface area contributed by atoms with Gasteiger partial charge in [-0.1, -0.05) is 12.1 Å². The minimum Gasteiger partial charge on any atom is -0.456 e. The first kappa shape index (κ1) is 13.4. The van der Waals surface area contributed by atoms with Gasteiger partial charge in [0, 0.05) is 28.7 Å². The summed E-state index contributed by atoms with van der Waals surface area (Å²) >= 11 is 0. The van der Waals surface area contributed by atoms with Crippen LogP contribution in [0, 0.1) is 0 Å². The molecule has 3 aromatic rings. The van der Waals surface area contributed by atoms with E-state index in [4.69, 9.17) is 9.52 Å². The molecule has 0 amide bonds. The van der Waals surface area contributed by atoms with Crippen LogP contribution in [-0.4, -0.2) is 24.5 Å². The third-order valence-electron chi connectivity index (χ3n) is 3.29. The van der Waals surface area contributed by atoms with Crippen LogP contribution in [0.15, 0.2) is 52.9 Å². The molecule has 0 atom stereocenters. The van der Waals surface area contributed by atoms with E-state index in [1.54, 1.807) is 12.1 Å². The summed E-state index contributed by atoms with van der Waals surface area (Å²) in [4.78, 5) is 10.8. The Kier molecular flexibility index (Phi) is 3.71. The second-order valence-electron chi connectivity index (χ2n) is 4.75. The first-order valence-electron chi connectivity index (χ1n) is 6.74. The van der Waals surface area contributed by atoms with Gasteiger partial charge < -0.3 is 14.8 Å². The number of rotatable bonds is 5. The van der Waals surface area contributed by atoms with Crippen molar-refractivity contribution in [1.82, 2.24) is 0 Å². The summed E-state index contributed by atoms with van der Waals surface area (Å²) in [6, 6.07) is 15.1. The molecule has 3 rings (SSSR count). The Hall–Kier alpha value is -2.59. The molecular weight excluding hydrogens is 266 g/mol. The predicted molar refractivity (Wildman–Crippen MR) is 82.6 cm³/mol.